The van der Waals surface area contributed by atoms with Gasteiger partial charge in [0, 0.05) is 17.8 Å². The highest BCUT2D eigenvalue weighted by molar-refractivity contribution is 7.89. The van der Waals surface area contributed by atoms with Crippen molar-refractivity contribution < 1.29 is 17.6 Å². The highest BCUT2D eigenvalue weighted by Crippen LogP contribution is 2.21. The Hall–Kier alpha value is -2.51. The van der Waals surface area contributed by atoms with Crippen LogP contribution in [-0.2, 0) is 14.8 Å². The van der Waals surface area contributed by atoms with E-state index in [0.717, 1.165) is 32.1 Å². The van der Waals surface area contributed by atoms with E-state index in [1.807, 2.05) is 0 Å². The Labute approximate surface area is 164 Å². The van der Waals surface area contributed by atoms with Crippen LogP contribution in [-0.4, -0.2) is 20.4 Å². The molecule has 0 heterocycles. The fourth-order valence-corrected chi connectivity index (χ4v) is 4.46. The molecule has 148 valence electrons. The molecule has 0 unspecified atom stereocenters. The van der Waals surface area contributed by atoms with Gasteiger partial charge in [-0.15, -0.1) is 0 Å². The standard InChI is InChI=1S/C21H23FN2O3S/c22-17-9-6-16(7-10-17)8-15-21(25)23-18-11-13-20(14-12-18)28(26,27)24-19-4-2-1-3-5-19/h6-15,19,24H,1-5H2,(H,23,25)/b15-8+. The molecule has 2 aromatic rings. The number of nitrogens with one attached hydrogen (secondary N) is 2. The number of hydrogen-bond donors (Lipinski definition) is 2. The number of halogens is 1. The maximum atomic E-state index is 12.9. The Morgan fingerprint density at radius 1 is 0.964 bits per heavy atom. The SMILES string of the molecule is O=C(/C=C/c1ccc(F)cc1)Nc1ccc(S(=O)(=O)NC2CCCCC2)cc1. The van der Waals surface area contributed by atoms with Crippen LogP contribution in [0.5, 0.6) is 0 Å². The number of amides is 1. The molecular formula is C21H23FN2O3S. The van der Waals surface area contributed by atoms with Crippen molar-refractivity contribution in [1.82, 2.24) is 4.72 Å². The number of carbonyl (C=O) groups is 1. The van der Waals surface area contributed by atoms with Gasteiger partial charge in [-0.1, -0.05) is 31.4 Å². The Balaban J connectivity index is 1.58. The lowest BCUT2D eigenvalue weighted by Gasteiger charge is -2.22. The van der Waals surface area contributed by atoms with E-state index >= 15 is 0 Å². The summed E-state index contributed by atoms with van der Waals surface area (Å²) in [5.74, 6) is -0.699. The van der Waals surface area contributed by atoms with Gasteiger partial charge in [-0.3, -0.25) is 4.79 Å². The monoisotopic (exact) mass is 402 g/mol. The molecule has 0 bridgehead atoms. The topological polar surface area (TPSA) is 75.3 Å². The molecule has 0 radical (unpaired) electrons. The van der Waals surface area contributed by atoms with E-state index in [-0.39, 0.29) is 22.7 Å². The van der Waals surface area contributed by atoms with E-state index in [0.29, 0.717) is 11.3 Å². The van der Waals surface area contributed by atoms with Gasteiger partial charge in [-0.05, 0) is 60.9 Å². The molecule has 0 spiro atoms. The zero-order valence-electron chi connectivity index (χ0n) is 15.4. The molecule has 1 fully saturated rings. The molecule has 7 heteroatoms. The van der Waals surface area contributed by atoms with Crippen LogP contribution in [0.1, 0.15) is 37.7 Å². The normalized spacial score (nSPS) is 15.6. The molecule has 0 aromatic heterocycles. The molecule has 5 nitrogen and oxygen atoms in total. The fourth-order valence-electron chi connectivity index (χ4n) is 3.16. The Morgan fingerprint density at radius 2 is 1.61 bits per heavy atom. The Morgan fingerprint density at radius 3 is 2.25 bits per heavy atom. The van der Waals surface area contributed by atoms with E-state index in [1.54, 1.807) is 30.3 Å². The Bertz CT molecular complexity index is 933. The molecule has 2 aromatic carbocycles. The molecule has 3 rings (SSSR count). The van der Waals surface area contributed by atoms with E-state index < -0.39 is 10.0 Å². The number of carbonyl (C=O) groups excluding carboxylic acids is 1. The minimum absolute atomic E-state index is 0.00488. The van der Waals surface area contributed by atoms with Crippen molar-refractivity contribution in [2.24, 2.45) is 0 Å². The second kappa shape index (κ2) is 9.12. The summed E-state index contributed by atoms with van der Waals surface area (Å²) < 4.78 is 40.6. The summed E-state index contributed by atoms with van der Waals surface area (Å²) in [5, 5.41) is 2.67. The van der Waals surface area contributed by atoms with Crippen molar-refractivity contribution in [3.8, 4) is 0 Å². The van der Waals surface area contributed by atoms with Gasteiger partial charge in [0.1, 0.15) is 5.82 Å². The van der Waals surface area contributed by atoms with E-state index in [2.05, 4.69) is 10.0 Å². The van der Waals surface area contributed by atoms with Gasteiger partial charge < -0.3 is 5.32 Å². The van der Waals surface area contributed by atoms with E-state index in [4.69, 9.17) is 0 Å². The molecule has 1 saturated carbocycles. The third-order valence-corrected chi connectivity index (χ3v) is 6.19. The number of rotatable bonds is 6. The highest BCUT2D eigenvalue weighted by atomic mass is 32.2. The summed E-state index contributed by atoms with van der Waals surface area (Å²) in [7, 11) is -3.56. The summed E-state index contributed by atoms with van der Waals surface area (Å²) in [6.07, 6.45) is 7.89. The van der Waals surface area contributed by atoms with Gasteiger partial charge in [0.15, 0.2) is 0 Å². The molecule has 0 aliphatic heterocycles. The second-order valence-electron chi connectivity index (χ2n) is 6.85. The maximum absolute atomic E-state index is 12.9. The van der Waals surface area contributed by atoms with Gasteiger partial charge in [-0.25, -0.2) is 17.5 Å². The Kier molecular flexibility index (Phi) is 6.59. The third kappa shape index (κ3) is 5.74. The first-order valence-corrected chi connectivity index (χ1v) is 10.8. The number of sulfonamides is 1. The first-order chi connectivity index (χ1) is 13.4. The number of anilines is 1. The molecule has 0 saturated heterocycles. The lowest BCUT2D eigenvalue weighted by molar-refractivity contribution is -0.111. The van der Waals surface area contributed by atoms with E-state index in [1.165, 1.54) is 30.3 Å². The van der Waals surface area contributed by atoms with Crippen LogP contribution in [0.4, 0.5) is 10.1 Å². The smallest absolute Gasteiger partial charge is 0.248 e. The molecule has 1 amide bonds. The molecular weight excluding hydrogens is 379 g/mol. The zero-order chi connectivity index (χ0) is 20.0. The largest absolute Gasteiger partial charge is 0.323 e. The summed E-state index contributed by atoms with van der Waals surface area (Å²) in [4.78, 5) is 12.2. The van der Waals surface area contributed by atoms with Gasteiger partial charge in [-0.2, -0.15) is 0 Å². The molecule has 2 N–H and O–H groups in total. The van der Waals surface area contributed by atoms with E-state index in [9.17, 15) is 17.6 Å². The first kappa shape index (κ1) is 20.2. The highest BCUT2D eigenvalue weighted by Gasteiger charge is 2.21. The predicted molar refractivity (Wildman–Crippen MR) is 108 cm³/mol. The summed E-state index contributed by atoms with van der Waals surface area (Å²) in [5.41, 5.74) is 1.19. The summed E-state index contributed by atoms with van der Waals surface area (Å²) in [6.45, 7) is 0. The van der Waals surface area contributed by atoms with Crippen LogP contribution in [0.15, 0.2) is 59.5 Å². The first-order valence-electron chi connectivity index (χ1n) is 9.29. The summed E-state index contributed by atoms with van der Waals surface area (Å²) >= 11 is 0. The minimum atomic E-state index is -3.56. The van der Waals surface area contributed by atoms with Crippen LogP contribution in [0.3, 0.4) is 0 Å². The molecule has 0 atom stereocenters. The fraction of sp³-hybridized carbons (Fsp3) is 0.286. The van der Waals surface area contributed by atoms with Crippen LogP contribution < -0.4 is 10.0 Å². The maximum Gasteiger partial charge on any atom is 0.248 e. The van der Waals surface area contributed by atoms with Crippen molar-refractivity contribution in [2.45, 2.75) is 43.0 Å². The molecule has 1 aliphatic carbocycles. The van der Waals surface area contributed by atoms with Crippen LogP contribution in [0.2, 0.25) is 0 Å². The van der Waals surface area contributed by atoms with Gasteiger partial charge in [0.05, 0.1) is 4.90 Å². The lowest BCUT2D eigenvalue weighted by Crippen LogP contribution is -2.36. The predicted octanol–water partition coefficient (Wildman–Crippen LogP) is 4.09. The average Bonchev–Trinajstić information content (AvgIpc) is 2.68. The van der Waals surface area contributed by atoms with Crippen molar-refractivity contribution in [1.29, 1.82) is 0 Å². The van der Waals surface area contributed by atoms with Gasteiger partial charge in [0.2, 0.25) is 15.9 Å². The molecule has 28 heavy (non-hydrogen) atoms. The molecule has 1 aliphatic rings. The second-order valence-corrected chi connectivity index (χ2v) is 8.57. The van der Waals surface area contributed by atoms with Gasteiger partial charge >= 0.3 is 0 Å². The minimum Gasteiger partial charge on any atom is -0.323 e. The quantitative estimate of drug-likeness (QED) is 0.715. The van der Waals surface area contributed by atoms with Crippen molar-refractivity contribution in [3.63, 3.8) is 0 Å². The van der Waals surface area contributed by atoms with Crippen LogP contribution in [0, 0.1) is 5.82 Å². The van der Waals surface area contributed by atoms with Crippen LogP contribution >= 0.6 is 0 Å². The van der Waals surface area contributed by atoms with Gasteiger partial charge in [0.25, 0.3) is 0 Å². The number of hydrogen-bond acceptors (Lipinski definition) is 3. The average molecular weight is 402 g/mol. The van der Waals surface area contributed by atoms with Crippen molar-refractivity contribution >= 4 is 27.7 Å². The lowest BCUT2D eigenvalue weighted by atomic mass is 9.96. The van der Waals surface area contributed by atoms with Crippen molar-refractivity contribution in [2.75, 3.05) is 5.32 Å². The third-order valence-electron chi connectivity index (χ3n) is 4.66. The zero-order valence-corrected chi connectivity index (χ0v) is 16.2. The van der Waals surface area contributed by atoms with Crippen LogP contribution in [0.25, 0.3) is 6.08 Å². The van der Waals surface area contributed by atoms with Crippen molar-refractivity contribution in [3.05, 3.63) is 66.0 Å². The summed E-state index contributed by atoms with van der Waals surface area (Å²) in [6, 6.07) is 11.8. The number of benzene rings is 2.